The SMILES string of the molecule is COc1ccc(N2CCN(C(=O)/C(C#N)=C/c3ccc([N+](=O)[O-])cc3)CC2)cc1. The minimum absolute atomic E-state index is 0.0109. The highest BCUT2D eigenvalue weighted by atomic mass is 16.6. The van der Waals surface area contributed by atoms with Gasteiger partial charge in [-0.3, -0.25) is 14.9 Å². The second kappa shape index (κ2) is 8.89. The number of amides is 1. The van der Waals surface area contributed by atoms with Gasteiger partial charge in [0.05, 0.1) is 12.0 Å². The third kappa shape index (κ3) is 4.71. The maximum absolute atomic E-state index is 12.7. The zero-order valence-electron chi connectivity index (χ0n) is 15.9. The van der Waals surface area contributed by atoms with Crippen LogP contribution in [0.5, 0.6) is 5.75 Å². The molecule has 1 saturated heterocycles. The number of non-ortho nitro benzene ring substituents is 1. The molecule has 1 heterocycles. The fourth-order valence-electron chi connectivity index (χ4n) is 3.13. The van der Waals surface area contributed by atoms with Crippen LogP contribution >= 0.6 is 0 Å². The van der Waals surface area contributed by atoms with Crippen LogP contribution in [-0.2, 0) is 4.79 Å². The van der Waals surface area contributed by atoms with Crippen molar-refractivity contribution in [2.75, 3.05) is 38.2 Å². The smallest absolute Gasteiger partial charge is 0.269 e. The molecule has 0 saturated carbocycles. The van der Waals surface area contributed by atoms with E-state index in [2.05, 4.69) is 4.90 Å². The van der Waals surface area contributed by atoms with Crippen LogP contribution in [0.15, 0.2) is 54.1 Å². The predicted octanol–water partition coefficient (Wildman–Crippen LogP) is 2.86. The highest BCUT2D eigenvalue weighted by Gasteiger charge is 2.24. The molecule has 0 bridgehead atoms. The molecular weight excluding hydrogens is 372 g/mol. The monoisotopic (exact) mass is 392 g/mol. The number of nitriles is 1. The summed E-state index contributed by atoms with van der Waals surface area (Å²) in [4.78, 5) is 26.8. The second-order valence-corrected chi connectivity index (χ2v) is 6.50. The molecule has 148 valence electrons. The van der Waals surface area contributed by atoms with Gasteiger partial charge in [-0.05, 0) is 48.0 Å². The van der Waals surface area contributed by atoms with E-state index in [1.165, 1.54) is 30.3 Å². The average Bonchev–Trinajstić information content (AvgIpc) is 2.77. The molecular formula is C21H20N4O4. The molecule has 3 rings (SSSR count). The van der Waals surface area contributed by atoms with Crippen molar-refractivity contribution < 1.29 is 14.5 Å². The van der Waals surface area contributed by atoms with E-state index in [9.17, 15) is 20.2 Å². The number of carbonyl (C=O) groups excluding carboxylic acids is 1. The first-order valence-electron chi connectivity index (χ1n) is 9.06. The lowest BCUT2D eigenvalue weighted by Gasteiger charge is -2.36. The van der Waals surface area contributed by atoms with E-state index < -0.39 is 4.92 Å². The minimum Gasteiger partial charge on any atom is -0.497 e. The molecule has 8 heteroatoms. The topological polar surface area (TPSA) is 99.7 Å². The standard InChI is InChI=1S/C21H20N4O4/c1-29-20-8-6-18(7-9-20)23-10-12-24(13-11-23)21(26)17(15-22)14-16-2-4-19(5-3-16)25(27)28/h2-9,14H,10-13H2,1H3/b17-14+. The first-order valence-corrected chi connectivity index (χ1v) is 9.06. The maximum Gasteiger partial charge on any atom is 0.269 e. The van der Waals surface area contributed by atoms with Crippen molar-refractivity contribution in [2.45, 2.75) is 0 Å². The lowest BCUT2D eigenvalue weighted by molar-refractivity contribution is -0.384. The first-order chi connectivity index (χ1) is 14.0. The van der Waals surface area contributed by atoms with Crippen molar-refractivity contribution in [3.8, 4) is 11.8 Å². The summed E-state index contributed by atoms with van der Waals surface area (Å²) in [5.41, 5.74) is 1.59. The molecule has 1 aliphatic heterocycles. The van der Waals surface area contributed by atoms with Crippen molar-refractivity contribution in [3.05, 3.63) is 69.8 Å². The zero-order valence-corrected chi connectivity index (χ0v) is 15.9. The summed E-state index contributed by atoms with van der Waals surface area (Å²) in [6, 6.07) is 15.4. The Balaban J connectivity index is 1.65. The van der Waals surface area contributed by atoms with Gasteiger partial charge in [0.15, 0.2) is 0 Å². The number of benzene rings is 2. The van der Waals surface area contributed by atoms with Gasteiger partial charge in [-0.2, -0.15) is 5.26 Å². The Kier molecular flexibility index (Phi) is 6.09. The van der Waals surface area contributed by atoms with Crippen molar-refractivity contribution in [1.29, 1.82) is 5.26 Å². The van der Waals surface area contributed by atoms with E-state index >= 15 is 0 Å². The summed E-state index contributed by atoms with van der Waals surface area (Å²) in [6.07, 6.45) is 1.46. The van der Waals surface area contributed by atoms with E-state index in [-0.39, 0.29) is 17.2 Å². The van der Waals surface area contributed by atoms with Gasteiger partial charge in [0, 0.05) is 44.0 Å². The number of ether oxygens (including phenoxy) is 1. The maximum atomic E-state index is 12.7. The molecule has 0 spiro atoms. The second-order valence-electron chi connectivity index (χ2n) is 6.50. The molecule has 0 aromatic heterocycles. The van der Waals surface area contributed by atoms with E-state index in [0.717, 1.165) is 11.4 Å². The number of rotatable bonds is 5. The fraction of sp³-hybridized carbons (Fsp3) is 0.238. The van der Waals surface area contributed by atoms with Gasteiger partial charge in [-0.15, -0.1) is 0 Å². The van der Waals surface area contributed by atoms with E-state index in [1.54, 1.807) is 12.0 Å². The predicted molar refractivity (Wildman–Crippen MR) is 108 cm³/mol. The number of methoxy groups -OCH3 is 1. The molecule has 2 aromatic carbocycles. The van der Waals surface area contributed by atoms with Crippen LogP contribution in [0, 0.1) is 21.4 Å². The third-order valence-electron chi connectivity index (χ3n) is 4.77. The Morgan fingerprint density at radius 2 is 1.72 bits per heavy atom. The van der Waals surface area contributed by atoms with E-state index in [1.807, 2.05) is 30.3 Å². The molecule has 2 aromatic rings. The third-order valence-corrected chi connectivity index (χ3v) is 4.77. The first kappa shape index (κ1) is 19.9. The van der Waals surface area contributed by atoms with Crippen molar-refractivity contribution in [1.82, 2.24) is 4.90 Å². The van der Waals surface area contributed by atoms with Crippen molar-refractivity contribution in [3.63, 3.8) is 0 Å². The molecule has 0 N–H and O–H groups in total. The van der Waals surface area contributed by atoms with Crippen molar-refractivity contribution >= 4 is 23.4 Å². The molecule has 29 heavy (non-hydrogen) atoms. The highest BCUT2D eigenvalue weighted by Crippen LogP contribution is 2.21. The Bertz CT molecular complexity index is 954. The van der Waals surface area contributed by atoms with Gasteiger partial charge in [0.1, 0.15) is 17.4 Å². The molecule has 8 nitrogen and oxygen atoms in total. The lowest BCUT2D eigenvalue weighted by atomic mass is 10.1. The molecule has 1 fully saturated rings. The van der Waals surface area contributed by atoms with E-state index in [0.29, 0.717) is 31.7 Å². The Labute approximate surface area is 168 Å². The molecule has 1 amide bonds. The fourth-order valence-corrected chi connectivity index (χ4v) is 3.13. The van der Waals surface area contributed by atoms with Crippen LogP contribution in [0.2, 0.25) is 0 Å². The van der Waals surface area contributed by atoms with Crippen LogP contribution in [-0.4, -0.2) is 49.0 Å². The summed E-state index contributed by atoms with van der Waals surface area (Å²) in [7, 11) is 1.62. The summed E-state index contributed by atoms with van der Waals surface area (Å²) in [5, 5.41) is 20.1. The molecule has 0 atom stereocenters. The number of hydrogen-bond donors (Lipinski definition) is 0. The number of anilines is 1. The van der Waals surface area contributed by atoms with E-state index in [4.69, 9.17) is 4.74 Å². The van der Waals surface area contributed by atoms with Crippen LogP contribution in [0.3, 0.4) is 0 Å². The summed E-state index contributed by atoms with van der Waals surface area (Å²) in [5.74, 6) is 0.456. The number of nitro groups is 1. The largest absolute Gasteiger partial charge is 0.497 e. The van der Waals surface area contributed by atoms with Gasteiger partial charge >= 0.3 is 0 Å². The van der Waals surface area contributed by atoms with Crippen LogP contribution in [0.4, 0.5) is 11.4 Å². The molecule has 0 radical (unpaired) electrons. The Hall–Kier alpha value is -3.86. The minimum atomic E-state index is -0.494. The summed E-state index contributed by atoms with van der Waals surface area (Å²) in [6.45, 7) is 2.33. The quantitative estimate of drug-likeness (QED) is 0.336. The number of hydrogen-bond acceptors (Lipinski definition) is 6. The normalized spacial score (nSPS) is 14.3. The Morgan fingerprint density at radius 1 is 1.10 bits per heavy atom. The number of carbonyl (C=O) groups is 1. The highest BCUT2D eigenvalue weighted by molar-refractivity contribution is 6.01. The van der Waals surface area contributed by atoms with Gasteiger partial charge < -0.3 is 14.5 Å². The van der Waals surface area contributed by atoms with Crippen LogP contribution in [0.1, 0.15) is 5.56 Å². The van der Waals surface area contributed by atoms with Crippen molar-refractivity contribution in [2.24, 2.45) is 0 Å². The van der Waals surface area contributed by atoms with Gasteiger partial charge in [0.2, 0.25) is 0 Å². The van der Waals surface area contributed by atoms with Crippen LogP contribution in [0.25, 0.3) is 6.08 Å². The molecule has 0 aliphatic carbocycles. The van der Waals surface area contributed by atoms with Crippen LogP contribution < -0.4 is 9.64 Å². The molecule has 1 aliphatic rings. The number of nitro benzene ring substituents is 1. The lowest BCUT2D eigenvalue weighted by Crippen LogP contribution is -2.49. The summed E-state index contributed by atoms with van der Waals surface area (Å²) < 4.78 is 5.17. The molecule has 0 unspecified atom stereocenters. The van der Waals surface area contributed by atoms with Gasteiger partial charge in [0.25, 0.3) is 11.6 Å². The van der Waals surface area contributed by atoms with Gasteiger partial charge in [-0.25, -0.2) is 0 Å². The Morgan fingerprint density at radius 3 is 2.24 bits per heavy atom. The average molecular weight is 392 g/mol. The zero-order chi connectivity index (χ0) is 20.8. The summed E-state index contributed by atoms with van der Waals surface area (Å²) >= 11 is 0. The van der Waals surface area contributed by atoms with Gasteiger partial charge in [-0.1, -0.05) is 0 Å². The number of piperazine rings is 1. The number of nitrogens with zero attached hydrogens (tertiary/aromatic N) is 4.